The van der Waals surface area contributed by atoms with Gasteiger partial charge < -0.3 is 10.5 Å². The van der Waals surface area contributed by atoms with E-state index in [4.69, 9.17) is 10.5 Å². The van der Waals surface area contributed by atoms with E-state index in [9.17, 15) is 4.79 Å². The average molecular weight is 239 g/mol. The maximum absolute atomic E-state index is 12.0. The Labute approximate surface area is 104 Å². The Morgan fingerprint density at radius 1 is 1.12 bits per heavy atom. The first-order chi connectivity index (χ1) is 8.27. The lowest BCUT2D eigenvalue weighted by Crippen LogP contribution is -2.45. The van der Waals surface area contributed by atoms with Crippen LogP contribution in [0.4, 0.5) is 0 Å². The van der Waals surface area contributed by atoms with Gasteiger partial charge in [-0.1, -0.05) is 32.1 Å². The molecule has 2 aliphatic carbocycles. The van der Waals surface area contributed by atoms with Gasteiger partial charge in [0.05, 0.1) is 12.0 Å². The standard InChI is InChI=1S/C14H25NO2/c15-11-14(8-5-9-14)13(16)17-10-12-6-3-1-2-4-7-12/h12H,1-11,15H2. The molecule has 0 aliphatic heterocycles. The number of rotatable bonds is 4. The van der Waals surface area contributed by atoms with Crippen LogP contribution in [0.25, 0.3) is 0 Å². The summed E-state index contributed by atoms with van der Waals surface area (Å²) in [5, 5.41) is 0. The summed E-state index contributed by atoms with van der Waals surface area (Å²) in [6, 6.07) is 0. The minimum Gasteiger partial charge on any atom is -0.465 e. The van der Waals surface area contributed by atoms with Crippen molar-refractivity contribution >= 4 is 5.97 Å². The summed E-state index contributed by atoms with van der Waals surface area (Å²) >= 11 is 0. The molecular formula is C14H25NO2. The fourth-order valence-electron chi connectivity index (χ4n) is 2.97. The molecule has 0 bridgehead atoms. The molecule has 0 saturated heterocycles. The summed E-state index contributed by atoms with van der Waals surface area (Å²) in [4.78, 5) is 12.0. The minimum atomic E-state index is -0.315. The van der Waals surface area contributed by atoms with Crippen LogP contribution in [-0.2, 0) is 9.53 Å². The summed E-state index contributed by atoms with van der Waals surface area (Å²) in [5.74, 6) is 0.562. The van der Waals surface area contributed by atoms with Gasteiger partial charge in [0.15, 0.2) is 0 Å². The van der Waals surface area contributed by atoms with E-state index in [1.165, 1.54) is 38.5 Å². The number of carbonyl (C=O) groups is 1. The number of nitrogens with two attached hydrogens (primary N) is 1. The zero-order valence-electron chi connectivity index (χ0n) is 10.7. The Bertz CT molecular complexity index is 247. The number of hydrogen-bond acceptors (Lipinski definition) is 3. The average Bonchev–Trinajstić information content (AvgIpc) is 2.54. The van der Waals surface area contributed by atoms with Crippen molar-refractivity contribution in [2.45, 2.75) is 57.8 Å². The summed E-state index contributed by atoms with van der Waals surface area (Å²) in [5.41, 5.74) is 5.39. The highest BCUT2D eigenvalue weighted by molar-refractivity contribution is 5.78. The Morgan fingerprint density at radius 2 is 1.76 bits per heavy atom. The van der Waals surface area contributed by atoms with Gasteiger partial charge in [-0.05, 0) is 31.6 Å². The van der Waals surface area contributed by atoms with Gasteiger partial charge >= 0.3 is 5.97 Å². The molecule has 0 unspecified atom stereocenters. The van der Waals surface area contributed by atoms with Crippen molar-refractivity contribution in [3.63, 3.8) is 0 Å². The molecule has 2 fully saturated rings. The van der Waals surface area contributed by atoms with Gasteiger partial charge in [0.2, 0.25) is 0 Å². The fourth-order valence-corrected chi connectivity index (χ4v) is 2.97. The van der Waals surface area contributed by atoms with Gasteiger partial charge in [-0.2, -0.15) is 0 Å². The predicted molar refractivity (Wildman–Crippen MR) is 67.5 cm³/mol. The first kappa shape index (κ1) is 12.9. The first-order valence-electron chi connectivity index (χ1n) is 7.14. The van der Waals surface area contributed by atoms with Crippen molar-refractivity contribution in [1.82, 2.24) is 0 Å². The van der Waals surface area contributed by atoms with Crippen LogP contribution in [0.5, 0.6) is 0 Å². The van der Waals surface area contributed by atoms with Crippen LogP contribution in [0.1, 0.15) is 57.8 Å². The molecule has 3 nitrogen and oxygen atoms in total. The molecule has 0 spiro atoms. The van der Waals surface area contributed by atoms with Gasteiger partial charge in [0.25, 0.3) is 0 Å². The number of ether oxygens (including phenoxy) is 1. The van der Waals surface area contributed by atoms with E-state index in [0.29, 0.717) is 19.1 Å². The molecule has 2 rings (SSSR count). The van der Waals surface area contributed by atoms with E-state index >= 15 is 0 Å². The molecule has 17 heavy (non-hydrogen) atoms. The van der Waals surface area contributed by atoms with E-state index in [0.717, 1.165) is 19.3 Å². The van der Waals surface area contributed by atoms with Gasteiger partial charge in [-0.25, -0.2) is 0 Å². The SMILES string of the molecule is NCC1(C(=O)OCC2CCCCCC2)CCC1. The lowest BCUT2D eigenvalue weighted by Gasteiger charge is -2.38. The van der Waals surface area contributed by atoms with Crippen LogP contribution in [-0.4, -0.2) is 19.1 Å². The maximum Gasteiger partial charge on any atom is 0.313 e. The minimum absolute atomic E-state index is 0.0319. The number of carbonyl (C=O) groups excluding carboxylic acids is 1. The van der Waals surface area contributed by atoms with Crippen molar-refractivity contribution in [2.75, 3.05) is 13.2 Å². The van der Waals surface area contributed by atoms with Gasteiger partial charge in [-0.3, -0.25) is 4.79 Å². The largest absolute Gasteiger partial charge is 0.465 e. The third kappa shape index (κ3) is 3.01. The normalized spacial score (nSPS) is 24.8. The fraction of sp³-hybridized carbons (Fsp3) is 0.929. The Balaban J connectivity index is 1.75. The molecule has 0 aromatic rings. The third-order valence-electron chi connectivity index (χ3n) is 4.56. The molecule has 2 aliphatic rings. The van der Waals surface area contributed by atoms with Gasteiger partial charge in [0.1, 0.15) is 0 Å². The molecule has 3 heteroatoms. The topological polar surface area (TPSA) is 52.3 Å². The van der Waals surface area contributed by atoms with Crippen LogP contribution in [0.3, 0.4) is 0 Å². The Hall–Kier alpha value is -0.570. The van der Waals surface area contributed by atoms with E-state index in [1.54, 1.807) is 0 Å². The van der Waals surface area contributed by atoms with Crippen molar-refractivity contribution in [3.05, 3.63) is 0 Å². The molecule has 0 radical (unpaired) electrons. The zero-order valence-corrected chi connectivity index (χ0v) is 10.7. The molecule has 0 heterocycles. The van der Waals surface area contributed by atoms with Gasteiger partial charge in [0, 0.05) is 6.54 Å². The molecule has 98 valence electrons. The second-order valence-corrected chi connectivity index (χ2v) is 5.79. The second-order valence-electron chi connectivity index (χ2n) is 5.79. The molecule has 0 amide bonds. The molecule has 0 aromatic heterocycles. The number of esters is 1. The summed E-state index contributed by atoms with van der Waals surface area (Å²) in [6.07, 6.45) is 10.7. The molecular weight excluding hydrogens is 214 g/mol. The monoisotopic (exact) mass is 239 g/mol. The van der Waals surface area contributed by atoms with Crippen LogP contribution in [0.2, 0.25) is 0 Å². The Kier molecular flexibility index (Phi) is 4.43. The highest BCUT2D eigenvalue weighted by Crippen LogP contribution is 2.41. The highest BCUT2D eigenvalue weighted by atomic mass is 16.5. The van der Waals surface area contributed by atoms with E-state index in [2.05, 4.69) is 0 Å². The van der Waals surface area contributed by atoms with Crippen molar-refractivity contribution < 1.29 is 9.53 Å². The van der Waals surface area contributed by atoms with Crippen molar-refractivity contribution in [3.8, 4) is 0 Å². The molecule has 2 N–H and O–H groups in total. The molecule has 0 aromatic carbocycles. The van der Waals surface area contributed by atoms with E-state index < -0.39 is 0 Å². The summed E-state index contributed by atoms with van der Waals surface area (Å²) < 4.78 is 5.52. The van der Waals surface area contributed by atoms with Crippen LogP contribution >= 0.6 is 0 Å². The van der Waals surface area contributed by atoms with Crippen molar-refractivity contribution in [1.29, 1.82) is 0 Å². The quantitative estimate of drug-likeness (QED) is 0.606. The predicted octanol–water partition coefficient (Wildman–Crippen LogP) is 2.63. The summed E-state index contributed by atoms with van der Waals surface area (Å²) in [6.45, 7) is 1.08. The molecule has 2 saturated carbocycles. The van der Waals surface area contributed by atoms with Crippen LogP contribution in [0.15, 0.2) is 0 Å². The molecule has 0 atom stereocenters. The lowest BCUT2D eigenvalue weighted by atomic mass is 9.69. The van der Waals surface area contributed by atoms with Crippen molar-refractivity contribution in [2.24, 2.45) is 17.1 Å². The van der Waals surface area contributed by atoms with E-state index in [1.807, 2.05) is 0 Å². The first-order valence-corrected chi connectivity index (χ1v) is 7.14. The summed E-state index contributed by atoms with van der Waals surface area (Å²) in [7, 11) is 0. The smallest absolute Gasteiger partial charge is 0.313 e. The lowest BCUT2D eigenvalue weighted by molar-refractivity contribution is -0.162. The third-order valence-corrected chi connectivity index (χ3v) is 4.56. The second kappa shape index (κ2) is 5.85. The zero-order chi connectivity index (χ0) is 12.1. The van der Waals surface area contributed by atoms with Crippen LogP contribution < -0.4 is 5.73 Å². The number of hydrogen-bond donors (Lipinski definition) is 1. The highest BCUT2D eigenvalue weighted by Gasteiger charge is 2.44. The van der Waals surface area contributed by atoms with E-state index in [-0.39, 0.29) is 11.4 Å². The van der Waals surface area contributed by atoms with Gasteiger partial charge in [-0.15, -0.1) is 0 Å². The Morgan fingerprint density at radius 3 is 2.24 bits per heavy atom. The van der Waals surface area contributed by atoms with Crippen LogP contribution in [0, 0.1) is 11.3 Å². The maximum atomic E-state index is 12.0.